The molecule has 0 atom stereocenters. The first-order valence-corrected chi connectivity index (χ1v) is 12.3. The molecule has 2 aliphatic rings. The number of rotatable bonds is 6. The number of carbonyl (C=O) groups is 2. The van der Waals surface area contributed by atoms with Gasteiger partial charge in [0.25, 0.3) is 5.91 Å². The molecule has 2 fully saturated rings. The lowest BCUT2D eigenvalue weighted by Crippen LogP contribution is -2.56. The number of benzene rings is 1. The molecule has 9 heteroatoms. The smallest absolute Gasteiger partial charge is 0.331 e. The minimum absolute atomic E-state index is 0.0848. The van der Waals surface area contributed by atoms with Crippen LogP contribution in [0.4, 0.5) is 0 Å². The molecule has 0 unspecified atom stereocenters. The molecule has 7 nitrogen and oxygen atoms in total. The number of sulfonamides is 1. The molecule has 1 N–H and O–H groups in total. The highest BCUT2D eigenvalue weighted by molar-refractivity contribution is 9.10. The van der Waals surface area contributed by atoms with Crippen molar-refractivity contribution < 1.29 is 22.7 Å². The molecule has 3 rings (SSSR count). The van der Waals surface area contributed by atoms with Crippen LogP contribution in [0, 0.1) is 0 Å². The van der Waals surface area contributed by atoms with Crippen molar-refractivity contribution in [3.05, 3.63) is 28.2 Å². The van der Waals surface area contributed by atoms with Crippen LogP contribution in [0.2, 0.25) is 0 Å². The van der Waals surface area contributed by atoms with E-state index in [0.29, 0.717) is 30.4 Å². The first kappa shape index (κ1) is 22.2. The van der Waals surface area contributed by atoms with Gasteiger partial charge in [-0.05, 0) is 66.7 Å². The normalized spacial score (nSPS) is 19.7. The molecule has 160 valence electrons. The van der Waals surface area contributed by atoms with E-state index in [1.807, 2.05) is 0 Å². The molecule has 1 aromatic rings. The Balaban J connectivity index is 1.89. The second-order valence-electron chi connectivity index (χ2n) is 7.57. The molecular formula is C20H27BrN2O5S. The van der Waals surface area contributed by atoms with Crippen LogP contribution in [0.1, 0.15) is 62.2 Å². The standard InChI is InChI=1S/C20H27BrN2O5S/c1-2-28-19(25)20(10-4-3-5-11-20)22-18(24)16-14-15(8-9-17(16)21)29(26,27)23-12-6-7-13-23/h8-9,14H,2-7,10-13H2,1H3,(H,22,24). The molecule has 29 heavy (non-hydrogen) atoms. The maximum atomic E-state index is 13.1. The van der Waals surface area contributed by atoms with Crippen molar-refractivity contribution in [2.45, 2.75) is 62.3 Å². The average molecular weight is 487 g/mol. The Kier molecular flexibility index (Phi) is 7.01. The fourth-order valence-corrected chi connectivity index (χ4v) is 5.98. The molecule has 0 bridgehead atoms. The van der Waals surface area contributed by atoms with Gasteiger partial charge in [0.05, 0.1) is 17.1 Å². The molecular weight excluding hydrogens is 460 g/mol. The van der Waals surface area contributed by atoms with E-state index in [4.69, 9.17) is 4.74 Å². The molecule has 1 saturated carbocycles. The third kappa shape index (κ3) is 4.67. The fourth-order valence-electron chi connectivity index (χ4n) is 4.01. The van der Waals surface area contributed by atoms with Crippen LogP contribution in [0.25, 0.3) is 0 Å². The van der Waals surface area contributed by atoms with E-state index in [1.165, 1.54) is 16.4 Å². The number of halogens is 1. The van der Waals surface area contributed by atoms with E-state index in [0.717, 1.165) is 32.1 Å². The Bertz CT molecular complexity index is 875. The summed E-state index contributed by atoms with van der Waals surface area (Å²) in [6.45, 7) is 2.96. The van der Waals surface area contributed by atoms with E-state index in [2.05, 4.69) is 21.2 Å². The summed E-state index contributed by atoms with van der Waals surface area (Å²) in [5, 5.41) is 2.87. The molecule has 1 amide bonds. The molecule has 0 aromatic heterocycles. The van der Waals surface area contributed by atoms with Crippen LogP contribution in [0.5, 0.6) is 0 Å². The Morgan fingerprint density at radius 2 is 1.79 bits per heavy atom. The lowest BCUT2D eigenvalue weighted by molar-refractivity contribution is -0.152. The van der Waals surface area contributed by atoms with Crippen molar-refractivity contribution in [2.24, 2.45) is 0 Å². The average Bonchev–Trinajstić information content (AvgIpc) is 3.24. The number of amides is 1. The maximum absolute atomic E-state index is 13.1. The molecule has 1 heterocycles. The first-order valence-electron chi connectivity index (χ1n) is 10.1. The van der Waals surface area contributed by atoms with Crippen LogP contribution in [0.15, 0.2) is 27.6 Å². The number of esters is 1. The van der Waals surface area contributed by atoms with Gasteiger partial charge in [0, 0.05) is 17.6 Å². The number of ether oxygens (including phenoxy) is 1. The summed E-state index contributed by atoms with van der Waals surface area (Å²) in [5.41, 5.74) is -0.867. The maximum Gasteiger partial charge on any atom is 0.331 e. The Labute approximate surface area is 180 Å². The molecule has 1 aliphatic heterocycles. The van der Waals surface area contributed by atoms with E-state index >= 15 is 0 Å². The number of hydrogen-bond donors (Lipinski definition) is 1. The summed E-state index contributed by atoms with van der Waals surface area (Å²) in [6.07, 6.45) is 5.36. The van der Waals surface area contributed by atoms with Crippen molar-refractivity contribution in [1.29, 1.82) is 0 Å². The highest BCUT2D eigenvalue weighted by Crippen LogP contribution is 2.31. The topological polar surface area (TPSA) is 92.8 Å². The van der Waals surface area contributed by atoms with Crippen LogP contribution >= 0.6 is 15.9 Å². The lowest BCUT2D eigenvalue weighted by Gasteiger charge is -2.35. The van der Waals surface area contributed by atoms with E-state index < -0.39 is 27.4 Å². The van der Waals surface area contributed by atoms with Gasteiger partial charge >= 0.3 is 5.97 Å². The monoisotopic (exact) mass is 486 g/mol. The van der Waals surface area contributed by atoms with Crippen LogP contribution in [-0.4, -0.2) is 49.8 Å². The predicted octanol–water partition coefficient (Wildman–Crippen LogP) is 3.23. The van der Waals surface area contributed by atoms with Crippen molar-refractivity contribution in [3.63, 3.8) is 0 Å². The number of nitrogens with zero attached hydrogens (tertiary/aromatic N) is 1. The first-order chi connectivity index (χ1) is 13.8. The van der Waals surface area contributed by atoms with Crippen LogP contribution in [-0.2, 0) is 19.6 Å². The van der Waals surface area contributed by atoms with Gasteiger partial charge in [-0.15, -0.1) is 0 Å². The quantitative estimate of drug-likeness (QED) is 0.622. The lowest BCUT2D eigenvalue weighted by atomic mass is 9.81. The van der Waals surface area contributed by atoms with Gasteiger partial charge in [0.1, 0.15) is 5.54 Å². The Hall–Kier alpha value is -1.45. The van der Waals surface area contributed by atoms with Crippen molar-refractivity contribution in [3.8, 4) is 0 Å². The van der Waals surface area contributed by atoms with Crippen molar-refractivity contribution in [1.82, 2.24) is 9.62 Å². The minimum Gasteiger partial charge on any atom is -0.464 e. The van der Waals surface area contributed by atoms with Crippen LogP contribution < -0.4 is 5.32 Å². The fraction of sp³-hybridized carbons (Fsp3) is 0.600. The summed E-state index contributed by atoms with van der Waals surface area (Å²) in [4.78, 5) is 25.8. The highest BCUT2D eigenvalue weighted by atomic mass is 79.9. The van der Waals surface area contributed by atoms with Gasteiger partial charge in [0.15, 0.2) is 0 Å². The Morgan fingerprint density at radius 1 is 1.14 bits per heavy atom. The summed E-state index contributed by atoms with van der Waals surface area (Å²) >= 11 is 3.35. The minimum atomic E-state index is -3.64. The third-order valence-electron chi connectivity index (χ3n) is 5.61. The number of carbonyl (C=O) groups excluding carboxylic acids is 2. The Morgan fingerprint density at radius 3 is 2.41 bits per heavy atom. The predicted molar refractivity (Wildman–Crippen MR) is 112 cm³/mol. The third-order valence-corrected chi connectivity index (χ3v) is 8.20. The zero-order valence-electron chi connectivity index (χ0n) is 16.6. The second-order valence-corrected chi connectivity index (χ2v) is 10.4. The van der Waals surface area contributed by atoms with Gasteiger partial charge in [-0.3, -0.25) is 4.79 Å². The van der Waals surface area contributed by atoms with Gasteiger partial charge in [0.2, 0.25) is 10.0 Å². The van der Waals surface area contributed by atoms with Crippen molar-refractivity contribution >= 4 is 37.8 Å². The number of hydrogen-bond acceptors (Lipinski definition) is 5. The number of nitrogens with one attached hydrogen (secondary N) is 1. The zero-order valence-corrected chi connectivity index (χ0v) is 19.0. The molecule has 0 spiro atoms. The zero-order chi connectivity index (χ0) is 21.1. The molecule has 1 saturated heterocycles. The summed E-state index contributed by atoms with van der Waals surface area (Å²) in [6, 6.07) is 4.45. The van der Waals surface area contributed by atoms with Crippen molar-refractivity contribution in [2.75, 3.05) is 19.7 Å². The van der Waals surface area contributed by atoms with Gasteiger partial charge in [-0.25, -0.2) is 13.2 Å². The van der Waals surface area contributed by atoms with E-state index in [-0.39, 0.29) is 17.1 Å². The van der Waals surface area contributed by atoms with E-state index in [1.54, 1.807) is 13.0 Å². The van der Waals surface area contributed by atoms with Gasteiger partial charge < -0.3 is 10.1 Å². The summed E-state index contributed by atoms with van der Waals surface area (Å²) in [7, 11) is -3.64. The van der Waals surface area contributed by atoms with Gasteiger partial charge in [-0.1, -0.05) is 19.3 Å². The summed E-state index contributed by atoms with van der Waals surface area (Å²) < 4.78 is 32.9. The highest BCUT2D eigenvalue weighted by Gasteiger charge is 2.42. The van der Waals surface area contributed by atoms with Gasteiger partial charge in [-0.2, -0.15) is 4.31 Å². The molecule has 1 aromatic carbocycles. The summed E-state index contributed by atoms with van der Waals surface area (Å²) in [5.74, 6) is -0.907. The second kappa shape index (κ2) is 9.14. The van der Waals surface area contributed by atoms with E-state index in [9.17, 15) is 18.0 Å². The molecule has 0 radical (unpaired) electrons. The largest absolute Gasteiger partial charge is 0.464 e. The SMILES string of the molecule is CCOC(=O)C1(NC(=O)c2cc(S(=O)(=O)N3CCCC3)ccc2Br)CCCCC1. The van der Waals surface area contributed by atoms with Crippen LogP contribution in [0.3, 0.4) is 0 Å². The molecule has 1 aliphatic carbocycles.